The first-order valence-electron chi connectivity index (χ1n) is 15.7. The number of nitrogens with one attached hydrogen (secondary N) is 3. The molecule has 0 saturated carbocycles. The van der Waals surface area contributed by atoms with Crippen LogP contribution in [0.4, 0.5) is 24.5 Å². The SMILES string of the molecule is O=C(c1c(F)ccc(N[S+]([O-])N2CCC(F)C2)c1F)c1c[nH]c2ncc(-c3ccc(N4CCC(N5CCNCC5)CC4)cc3)cc12. The number of piperazine rings is 1. The molecule has 2 aromatic heterocycles. The predicted molar refractivity (Wildman–Crippen MR) is 174 cm³/mol. The maximum atomic E-state index is 15.6. The van der Waals surface area contributed by atoms with Crippen LogP contribution in [0, 0.1) is 11.6 Å². The molecule has 0 spiro atoms. The number of ketones is 1. The van der Waals surface area contributed by atoms with Gasteiger partial charge in [-0.05, 0) is 55.2 Å². The third-order valence-electron chi connectivity index (χ3n) is 9.32. The average molecular weight is 652 g/mol. The Morgan fingerprint density at radius 2 is 1.74 bits per heavy atom. The fraction of sp³-hybridized carbons (Fsp3) is 0.394. The summed E-state index contributed by atoms with van der Waals surface area (Å²) in [5.74, 6) is -3.09. The summed E-state index contributed by atoms with van der Waals surface area (Å²) < 4.78 is 60.5. The van der Waals surface area contributed by atoms with Crippen molar-refractivity contribution in [3.63, 3.8) is 0 Å². The highest BCUT2D eigenvalue weighted by Crippen LogP contribution is 2.31. The molecule has 0 amide bonds. The molecule has 46 heavy (non-hydrogen) atoms. The van der Waals surface area contributed by atoms with Crippen LogP contribution < -0.4 is 14.9 Å². The number of carbonyl (C=O) groups is 1. The Morgan fingerprint density at radius 3 is 2.46 bits per heavy atom. The highest BCUT2D eigenvalue weighted by Gasteiger charge is 2.33. The molecule has 0 radical (unpaired) electrons. The van der Waals surface area contributed by atoms with E-state index in [1.165, 1.54) is 10.5 Å². The van der Waals surface area contributed by atoms with Gasteiger partial charge in [0.1, 0.15) is 23.3 Å². The summed E-state index contributed by atoms with van der Waals surface area (Å²) in [4.78, 5) is 26.0. The van der Waals surface area contributed by atoms with Crippen LogP contribution in [-0.4, -0.2) is 94.1 Å². The van der Waals surface area contributed by atoms with Crippen molar-refractivity contribution in [2.24, 2.45) is 0 Å². The van der Waals surface area contributed by atoms with E-state index in [-0.39, 0.29) is 30.8 Å². The molecule has 3 aliphatic rings. The Labute approximate surface area is 268 Å². The van der Waals surface area contributed by atoms with Crippen LogP contribution in [0.3, 0.4) is 0 Å². The van der Waals surface area contributed by atoms with Gasteiger partial charge in [0, 0.05) is 86.4 Å². The molecule has 3 saturated heterocycles. The van der Waals surface area contributed by atoms with E-state index in [0.717, 1.165) is 81.1 Å². The van der Waals surface area contributed by atoms with Crippen LogP contribution in [-0.2, 0) is 11.5 Å². The number of halogens is 3. The number of fused-ring (bicyclic) bond motifs is 1. The van der Waals surface area contributed by atoms with Crippen molar-refractivity contribution < 1.29 is 22.5 Å². The zero-order chi connectivity index (χ0) is 31.8. The van der Waals surface area contributed by atoms with Gasteiger partial charge in [-0.2, -0.15) is 4.72 Å². The van der Waals surface area contributed by atoms with Crippen LogP contribution >= 0.6 is 0 Å². The summed E-state index contributed by atoms with van der Waals surface area (Å²) in [5.41, 5.74) is 2.20. The quantitative estimate of drug-likeness (QED) is 0.187. The van der Waals surface area contributed by atoms with Gasteiger partial charge in [-0.3, -0.25) is 9.69 Å². The summed E-state index contributed by atoms with van der Waals surface area (Å²) in [6.45, 7) is 6.54. The third-order valence-corrected chi connectivity index (χ3v) is 10.5. The van der Waals surface area contributed by atoms with Crippen molar-refractivity contribution >= 4 is 39.7 Å². The van der Waals surface area contributed by atoms with E-state index in [9.17, 15) is 18.1 Å². The second-order valence-corrected chi connectivity index (χ2v) is 13.3. The Hall–Kier alpha value is -3.62. The second-order valence-electron chi connectivity index (χ2n) is 12.1. The number of pyridine rings is 1. The number of anilines is 2. The lowest BCUT2D eigenvalue weighted by molar-refractivity contribution is 0.103. The highest BCUT2D eigenvalue weighted by atomic mass is 32.2. The molecule has 2 aromatic carbocycles. The smallest absolute Gasteiger partial charge is 0.201 e. The molecule has 4 aromatic rings. The van der Waals surface area contributed by atoms with Crippen LogP contribution in [0.2, 0.25) is 0 Å². The topological polar surface area (TPSA) is 103 Å². The van der Waals surface area contributed by atoms with Gasteiger partial charge in [0.2, 0.25) is 5.78 Å². The molecule has 0 aliphatic carbocycles. The lowest BCUT2D eigenvalue weighted by Gasteiger charge is -2.41. The molecule has 2 unspecified atom stereocenters. The molecule has 242 valence electrons. The number of rotatable bonds is 8. The van der Waals surface area contributed by atoms with E-state index in [4.69, 9.17) is 0 Å². The average Bonchev–Trinajstić information content (AvgIpc) is 3.73. The molecular formula is C33H36F3N7O2S. The van der Waals surface area contributed by atoms with Crippen molar-refractivity contribution in [2.75, 3.05) is 62.0 Å². The van der Waals surface area contributed by atoms with Gasteiger partial charge in [0.15, 0.2) is 17.4 Å². The zero-order valence-corrected chi connectivity index (χ0v) is 26.1. The molecule has 3 fully saturated rings. The fourth-order valence-electron chi connectivity index (χ4n) is 6.72. The van der Waals surface area contributed by atoms with Crippen LogP contribution in [0.1, 0.15) is 35.2 Å². The first kappa shape index (κ1) is 31.0. The number of carbonyl (C=O) groups excluding carboxylic acids is 1. The van der Waals surface area contributed by atoms with Gasteiger partial charge in [-0.1, -0.05) is 12.1 Å². The van der Waals surface area contributed by atoms with Crippen molar-refractivity contribution in [2.45, 2.75) is 31.5 Å². The summed E-state index contributed by atoms with van der Waals surface area (Å²) in [5, 5.41) is 3.85. The highest BCUT2D eigenvalue weighted by molar-refractivity contribution is 7.90. The Balaban J connectivity index is 1.08. The molecule has 3 aliphatic heterocycles. The predicted octanol–water partition coefficient (Wildman–Crippen LogP) is 4.65. The minimum Gasteiger partial charge on any atom is -0.573 e. The van der Waals surface area contributed by atoms with E-state index in [1.54, 1.807) is 12.3 Å². The minimum absolute atomic E-state index is 0.0581. The largest absolute Gasteiger partial charge is 0.573 e. The summed E-state index contributed by atoms with van der Waals surface area (Å²) in [7, 11) is 0. The molecule has 2 atom stereocenters. The standard InChI is InChI=1S/C33H36F3N7O2S/c34-23-7-14-43(20-23)46(45)40-29-6-5-28(35)30(31(29)36)32(44)27-19-39-33-26(27)17-22(18-38-33)21-1-3-24(4-2-21)41-12-8-25(9-13-41)42-15-10-37-11-16-42/h1-6,17-19,23,25,37,40H,7-16,20H2,(H,38,39). The van der Waals surface area contributed by atoms with Crippen molar-refractivity contribution in [1.29, 1.82) is 0 Å². The number of alkyl halides is 1. The van der Waals surface area contributed by atoms with E-state index in [1.807, 2.05) is 12.1 Å². The number of benzene rings is 2. The normalized spacial score (nSPS) is 20.8. The Morgan fingerprint density at radius 1 is 0.978 bits per heavy atom. The van der Waals surface area contributed by atoms with Gasteiger partial charge in [0.25, 0.3) is 0 Å². The minimum atomic E-state index is -1.95. The Kier molecular flexibility index (Phi) is 8.93. The van der Waals surface area contributed by atoms with E-state index < -0.39 is 40.7 Å². The van der Waals surface area contributed by atoms with Gasteiger partial charge in [-0.25, -0.2) is 18.2 Å². The molecular weight excluding hydrogens is 615 g/mol. The molecule has 13 heteroatoms. The Bertz CT molecular complexity index is 1710. The van der Waals surface area contributed by atoms with Crippen molar-refractivity contribution in [1.82, 2.24) is 24.5 Å². The lowest BCUT2D eigenvalue weighted by atomic mass is 9.99. The van der Waals surface area contributed by atoms with E-state index in [2.05, 4.69) is 41.9 Å². The summed E-state index contributed by atoms with van der Waals surface area (Å²) in [6, 6.07) is 12.7. The van der Waals surface area contributed by atoms with Crippen molar-refractivity contribution in [3.05, 3.63) is 77.6 Å². The summed E-state index contributed by atoms with van der Waals surface area (Å²) in [6.07, 6.45) is 4.47. The maximum absolute atomic E-state index is 15.6. The fourth-order valence-corrected chi connectivity index (χ4v) is 7.76. The molecule has 5 heterocycles. The van der Waals surface area contributed by atoms with Crippen LogP contribution in [0.15, 0.2) is 54.9 Å². The number of hydrogen-bond acceptors (Lipinski definition) is 8. The van der Waals surface area contributed by atoms with E-state index in [0.29, 0.717) is 17.1 Å². The number of hydrogen-bond donors (Lipinski definition) is 3. The van der Waals surface area contributed by atoms with Gasteiger partial charge < -0.3 is 19.8 Å². The molecule has 9 nitrogen and oxygen atoms in total. The van der Waals surface area contributed by atoms with Gasteiger partial charge in [0.05, 0.1) is 12.1 Å². The van der Waals surface area contributed by atoms with Crippen molar-refractivity contribution in [3.8, 4) is 11.1 Å². The summed E-state index contributed by atoms with van der Waals surface area (Å²) >= 11 is -1.95. The maximum Gasteiger partial charge on any atom is 0.201 e. The zero-order valence-electron chi connectivity index (χ0n) is 25.3. The monoisotopic (exact) mass is 651 g/mol. The van der Waals surface area contributed by atoms with E-state index >= 15 is 4.39 Å². The first-order valence-corrected chi connectivity index (χ1v) is 16.8. The first-order chi connectivity index (χ1) is 22.4. The lowest BCUT2D eigenvalue weighted by Crippen LogP contribution is -2.52. The number of nitrogens with zero attached hydrogens (tertiary/aromatic N) is 4. The molecule has 7 rings (SSSR count). The second kappa shape index (κ2) is 13.2. The number of H-pyrrole nitrogens is 1. The van der Waals surface area contributed by atoms with Crippen LogP contribution in [0.25, 0.3) is 22.2 Å². The number of aromatic nitrogens is 2. The number of piperidine rings is 1. The molecule has 0 bridgehead atoms. The van der Waals surface area contributed by atoms with Gasteiger partial charge in [-0.15, -0.1) is 4.31 Å². The third kappa shape index (κ3) is 6.21. The van der Waals surface area contributed by atoms with Crippen LogP contribution in [0.5, 0.6) is 0 Å². The number of aromatic amines is 1. The van der Waals surface area contributed by atoms with Gasteiger partial charge >= 0.3 is 0 Å². The molecule has 3 N–H and O–H groups in total.